The Balaban J connectivity index is 0.000000199. The first-order valence-corrected chi connectivity index (χ1v) is 37.6. The predicted molar refractivity (Wildman–Crippen MR) is 336 cm³/mol. The van der Waals surface area contributed by atoms with Gasteiger partial charge in [-0.2, -0.15) is 13.3 Å². The molecule has 2 heterocycles. The van der Waals surface area contributed by atoms with E-state index in [-0.39, 0.29) is 12.2 Å². The summed E-state index contributed by atoms with van der Waals surface area (Å²) in [5.41, 5.74) is 23.8. The van der Waals surface area contributed by atoms with Crippen LogP contribution in [0.4, 0.5) is 34.1 Å². The summed E-state index contributed by atoms with van der Waals surface area (Å²) in [5, 5.41) is 5.15. The number of nitrogens with zero attached hydrogens (tertiary/aromatic N) is 4. The normalized spacial score (nSPS) is 13.4. The van der Waals surface area contributed by atoms with Gasteiger partial charge in [0.15, 0.2) is 0 Å². The molecule has 10 nitrogen and oxygen atoms in total. The maximum absolute atomic E-state index is 12.5. The molecule has 2 aliphatic heterocycles. The van der Waals surface area contributed by atoms with Crippen LogP contribution in [0.5, 0.6) is 11.5 Å². The largest absolute Gasteiger partial charge is 0.502 e. The summed E-state index contributed by atoms with van der Waals surface area (Å²) in [4.78, 5) is 34.6. The Morgan fingerprint density at radius 1 is 0.438 bits per heavy atom. The number of hydrogen-bond donors (Lipinski definition) is 2. The Kier molecular flexibility index (Phi) is 23.3. The fourth-order valence-electron chi connectivity index (χ4n) is 10.9. The van der Waals surface area contributed by atoms with Gasteiger partial charge in [0.05, 0.1) is 0 Å². The van der Waals surface area contributed by atoms with Gasteiger partial charge in [0.2, 0.25) is 0 Å². The number of aryl methyl sites for hydroxylation is 12. The van der Waals surface area contributed by atoms with E-state index in [0.29, 0.717) is 34.0 Å². The van der Waals surface area contributed by atoms with Crippen LogP contribution in [0.2, 0.25) is 0 Å². The Labute approximate surface area is 503 Å². The zero-order valence-electron chi connectivity index (χ0n) is 49.0. The summed E-state index contributed by atoms with van der Waals surface area (Å²) < 4.78 is 14.9. The Morgan fingerprint density at radius 2 is 0.675 bits per heavy atom. The molecule has 2 saturated heterocycles. The molecule has 0 spiro atoms. The van der Waals surface area contributed by atoms with Gasteiger partial charge in [-0.1, -0.05) is 70.8 Å². The average Bonchev–Trinajstić information content (AvgIpc) is 4.04. The molecule has 80 heavy (non-hydrogen) atoms. The van der Waals surface area contributed by atoms with Crippen molar-refractivity contribution in [1.29, 1.82) is 0 Å². The third kappa shape index (κ3) is 17.6. The summed E-state index contributed by atoms with van der Waals surface area (Å²) in [6.45, 7) is 42.7. The first-order valence-electron chi connectivity index (χ1n) is 26.7. The van der Waals surface area contributed by atoms with Crippen LogP contribution in [-0.2, 0) is 36.6 Å². The smallest absolute Gasteiger partial charge is 0.0146 e. The molecule has 8 rings (SSSR count). The summed E-state index contributed by atoms with van der Waals surface area (Å²) in [6, 6.07) is 28.2. The molecule has 6 aromatic rings. The van der Waals surface area contributed by atoms with E-state index < -0.39 is 38.9 Å². The van der Waals surface area contributed by atoms with Crippen molar-refractivity contribution < 1.29 is 46.1 Å². The van der Waals surface area contributed by atoms with Gasteiger partial charge in [0.25, 0.3) is 0 Å². The molecule has 434 valence electrons. The fourth-order valence-corrected chi connectivity index (χ4v) is 14.4. The molecule has 0 aliphatic carbocycles. The van der Waals surface area contributed by atoms with Crippen molar-refractivity contribution in [3.8, 4) is 11.5 Å². The molecule has 0 saturated carbocycles. The molecule has 0 radical (unpaired) electrons. The van der Waals surface area contributed by atoms with Crippen molar-refractivity contribution in [2.45, 2.75) is 123 Å². The van der Waals surface area contributed by atoms with Crippen molar-refractivity contribution in [2.24, 2.45) is 0 Å². The summed E-state index contributed by atoms with van der Waals surface area (Å²) >= 11 is -4.29. The van der Waals surface area contributed by atoms with Crippen LogP contribution >= 0.6 is 38.8 Å². The number of hydrogen-bond acceptors (Lipinski definition) is 8. The number of carbonyl (C=O) groups is 2. The van der Waals surface area contributed by atoms with E-state index in [1.165, 1.54) is 89.5 Å². The van der Waals surface area contributed by atoms with Crippen molar-refractivity contribution in [1.82, 2.24) is 0 Å². The molecule has 0 aromatic heterocycles. The van der Waals surface area contributed by atoms with Crippen molar-refractivity contribution in [2.75, 3.05) is 56.4 Å². The minimum Gasteiger partial charge on any atom is -0.502 e. The molecule has 0 bridgehead atoms. The van der Waals surface area contributed by atoms with Crippen LogP contribution in [-0.4, -0.2) is 59.4 Å². The van der Waals surface area contributed by atoms with E-state index in [1.807, 2.05) is 27.7 Å². The van der Waals surface area contributed by atoms with E-state index in [9.17, 15) is 9.59 Å². The molecule has 2 N–H and O–H groups in total. The Hall–Kier alpha value is -4.79. The zero-order chi connectivity index (χ0) is 58.9. The van der Waals surface area contributed by atoms with E-state index >= 15 is 0 Å². The van der Waals surface area contributed by atoms with Crippen LogP contribution < -0.4 is 39.7 Å². The number of benzene rings is 6. The molecule has 2 fully saturated rings. The molecular weight excluding hydrogens is 1260 g/mol. The maximum Gasteiger partial charge on any atom is 0.0146 e. The number of halogens is 4. The number of amides is 2. The third-order valence-electron chi connectivity index (χ3n) is 13.3. The second-order valence-electron chi connectivity index (χ2n) is 21.4. The van der Waals surface area contributed by atoms with Gasteiger partial charge < -0.3 is 19.6 Å². The molecule has 0 atom stereocenters. The second kappa shape index (κ2) is 28.9. The fraction of sp³-hybridized carbons (Fsp3) is 0.344. The third-order valence-corrected chi connectivity index (χ3v) is 16.9. The number of anilines is 6. The molecule has 0 unspecified atom stereocenters. The van der Waals surface area contributed by atoms with Crippen molar-refractivity contribution in [3.63, 3.8) is 0 Å². The van der Waals surface area contributed by atoms with Gasteiger partial charge in [-0.25, -0.2) is 0 Å². The molecule has 2 aliphatic rings. The van der Waals surface area contributed by atoms with Crippen LogP contribution in [0.3, 0.4) is 0 Å². The monoisotopic (exact) mass is 1340 g/mol. The van der Waals surface area contributed by atoms with E-state index in [2.05, 4.69) is 175 Å². The standard InChI is InChI=1S/C22H24N2O4.2C21H27N2.4ClH.2Ru/c1-13(2)27-19-9-7-17(11-15(19)5)23-21(25)22(26)24-18-8-10-20(16(6)12-18)28-14(3)4;2*1-14-9-16(3)20(17(4)10-14)22-7-8-23(13-22)21-18(5)11-15(2)12-19(21)6;;;;;;/h5-14H,1-4H3,(H,23,25)(H,24,26);2*9-13H,7-8H2,1-6H3;4*1H;;/q;2*-1;;;;;2*+2/p-4. The van der Waals surface area contributed by atoms with Gasteiger partial charge in [0, 0.05) is 48.9 Å². The van der Waals surface area contributed by atoms with E-state index in [1.54, 1.807) is 45.6 Å². The van der Waals surface area contributed by atoms with Crippen molar-refractivity contribution >= 4 is 93.9 Å². The van der Waals surface area contributed by atoms with Crippen LogP contribution in [0, 0.1) is 96.4 Å². The first kappa shape index (κ1) is 64.4. The minimum absolute atomic E-state index is 0.0558. The van der Waals surface area contributed by atoms with Crippen LogP contribution in [0.15, 0.2) is 84.9 Å². The Morgan fingerprint density at radius 3 is 0.887 bits per heavy atom. The molecule has 2 amide bonds. The van der Waals surface area contributed by atoms with E-state index in [4.69, 9.17) is 48.2 Å². The number of carbonyl (C=O) groups excluding carboxylic acids is 2. The van der Waals surface area contributed by atoms with Crippen LogP contribution in [0.1, 0.15) is 106 Å². The van der Waals surface area contributed by atoms with Gasteiger partial charge in [-0.05, 0) is 128 Å². The quantitative estimate of drug-likeness (QED) is 0.0712. The summed E-state index contributed by atoms with van der Waals surface area (Å²) in [7, 11) is 24.1. The molecule has 6 aromatic carbocycles. The van der Waals surface area contributed by atoms with Gasteiger partial charge in [0.1, 0.15) is 0 Å². The summed E-state index contributed by atoms with van der Waals surface area (Å²) in [5.74, 6) is -0.509. The molecular formula is C64H78Cl4N6O4Ru2-2. The van der Waals surface area contributed by atoms with Crippen molar-refractivity contribution in [3.05, 3.63) is 176 Å². The zero-order valence-corrected chi connectivity index (χ0v) is 55.5. The second-order valence-corrected chi connectivity index (χ2v) is 32.8. The first-order chi connectivity index (χ1) is 37.7. The average molecular weight is 1340 g/mol. The van der Waals surface area contributed by atoms with Crippen LogP contribution in [0.25, 0.3) is 0 Å². The number of nitrogens with one attached hydrogen (secondary N) is 2. The summed E-state index contributed by atoms with van der Waals surface area (Å²) in [6.07, 6.45) is -0.112. The Bertz CT molecular complexity index is 2860. The van der Waals surface area contributed by atoms with Gasteiger partial charge in [-0.15, -0.1) is 0 Å². The number of rotatable bonds is 12. The van der Waals surface area contributed by atoms with Gasteiger partial charge >= 0.3 is 227 Å². The topological polar surface area (TPSA) is 89.6 Å². The van der Waals surface area contributed by atoms with E-state index in [0.717, 1.165) is 26.2 Å². The SMILES string of the molecule is CC(C)Oc1ccc(NC(=O)C(=O)Nc2ccc(OC(C)C)c([CH]=[Ru]([Cl])[Cl])c2)cc1[CH]=[Ru]([Cl])[Cl].Cc1cc(C)c(N2[CH-]N(c3c(C)cc(C)cc3C)CC2)c(C)c1.Cc1cc(C)c(N2[CH-]N(c3c(C)cc(C)cc3C)CC2)c(C)c1. The molecule has 16 heteroatoms. The number of ether oxygens (including phenoxy) is 2. The predicted octanol–water partition coefficient (Wildman–Crippen LogP) is 16.0. The minimum atomic E-state index is -2.15. The maximum atomic E-state index is 12.5. The van der Waals surface area contributed by atoms with Gasteiger partial charge in [-0.3, -0.25) is 0 Å².